The molecule has 8 heteroatoms. The van der Waals surface area contributed by atoms with E-state index in [0.29, 0.717) is 39.0 Å². The first kappa shape index (κ1) is 29.8. The van der Waals surface area contributed by atoms with Crippen LogP contribution in [0.25, 0.3) is 0 Å². The van der Waals surface area contributed by atoms with Crippen molar-refractivity contribution in [1.82, 2.24) is 10.2 Å². The quantitative estimate of drug-likeness (QED) is 0.373. The fraction of sp³-hybridized carbons (Fsp3) is 0.679. The molecule has 1 aliphatic rings. The number of nitrogens with one attached hydrogen (secondary N) is 1. The number of morpholine rings is 1. The number of Topliss-reactive ketones (excluding diaryl/α,β-unsaturated/α-hetero) is 1. The SMILES string of the molecule is CCCC[C@H](NC(=O)[C@H](CCN1CCOCC1)CC(=O)CCc1cccc(O)c1)C(=O)OC(C)(C)C. The highest BCUT2D eigenvalue weighted by Gasteiger charge is 2.30. The summed E-state index contributed by atoms with van der Waals surface area (Å²) in [5, 5.41) is 12.6. The predicted molar refractivity (Wildman–Crippen MR) is 139 cm³/mol. The van der Waals surface area contributed by atoms with Crippen LogP contribution in [-0.2, 0) is 30.3 Å². The monoisotopic (exact) mass is 504 g/mol. The molecule has 1 heterocycles. The van der Waals surface area contributed by atoms with Crippen LogP contribution in [0.1, 0.15) is 71.8 Å². The Bertz CT molecular complexity index is 845. The molecule has 202 valence electrons. The van der Waals surface area contributed by atoms with Crippen molar-refractivity contribution in [1.29, 1.82) is 0 Å². The van der Waals surface area contributed by atoms with Gasteiger partial charge in [-0.05, 0) is 64.3 Å². The molecule has 1 aromatic rings. The summed E-state index contributed by atoms with van der Waals surface area (Å²) in [6.07, 6.45) is 3.61. The number of carbonyl (C=O) groups is 3. The number of esters is 1. The smallest absolute Gasteiger partial charge is 0.329 e. The van der Waals surface area contributed by atoms with Gasteiger partial charge < -0.3 is 19.9 Å². The number of rotatable bonds is 14. The topological polar surface area (TPSA) is 105 Å². The van der Waals surface area contributed by atoms with E-state index in [0.717, 1.165) is 31.5 Å². The Morgan fingerprint density at radius 2 is 1.89 bits per heavy atom. The second-order valence-corrected chi connectivity index (χ2v) is 10.6. The fourth-order valence-electron chi connectivity index (χ4n) is 4.18. The maximum absolute atomic E-state index is 13.4. The normalized spacial score (nSPS) is 16.2. The molecule has 0 bridgehead atoms. The van der Waals surface area contributed by atoms with Crippen LogP contribution in [0, 0.1) is 5.92 Å². The van der Waals surface area contributed by atoms with Crippen LogP contribution >= 0.6 is 0 Å². The Hall–Kier alpha value is -2.45. The van der Waals surface area contributed by atoms with E-state index in [9.17, 15) is 19.5 Å². The molecule has 0 unspecified atom stereocenters. The van der Waals surface area contributed by atoms with Gasteiger partial charge in [0.15, 0.2) is 0 Å². The summed E-state index contributed by atoms with van der Waals surface area (Å²) >= 11 is 0. The van der Waals surface area contributed by atoms with E-state index < -0.39 is 23.5 Å². The molecular formula is C28H44N2O6. The number of phenolic OH excluding ortho intramolecular Hbond substituents is 1. The molecule has 0 spiro atoms. The molecule has 1 fully saturated rings. The number of hydrogen-bond donors (Lipinski definition) is 2. The van der Waals surface area contributed by atoms with E-state index in [-0.39, 0.29) is 30.3 Å². The number of unbranched alkanes of at least 4 members (excludes halogenated alkanes) is 1. The zero-order valence-electron chi connectivity index (χ0n) is 22.4. The van der Waals surface area contributed by atoms with Crippen molar-refractivity contribution in [2.24, 2.45) is 5.92 Å². The second kappa shape index (κ2) is 15.0. The lowest BCUT2D eigenvalue weighted by Gasteiger charge is -2.29. The number of phenols is 1. The van der Waals surface area contributed by atoms with Crippen LogP contribution in [0.3, 0.4) is 0 Å². The van der Waals surface area contributed by atoms with Crippen molar-refractivity contribution in [3.63, 3.8) is 0 Å². The largest absolute Gasteiger partial charge is 0.508 e. The first-order valence-corrected chi connectivity index (χ1v) is 13.2. The van der Waals surface area contributed by atoms with E-state index in [1.165, 1.54) is 0 Å². The molecule has 1 amide bonds. The molecule has 1 aromatic carbocycles. The summed E-state index contributed by atoms with van der Waals surface area (Å²) in [5.41, 5.74) is 0.228. The maximum atomic E-state index is 13.4. The highest BCUT2D eigenvalue weighted by atomic mass is 16.6. The van der Waals surface area contributed by atoms with Crippen molar-refractivity contribution >= 4 is 17.7 Å². The molecule has 0 radical (unpaired) electrons. The Morgan fingerprint density at radius 3 is 2.53 bits per heavy atom. The first-order valence-electron chi connectivity index (χ1n) is 13.2. The van der Waals surface area contributed by atoms with Gasteiger partial charge in [0.1, 0.15) is 23.2 Å². The van der Waals surface area contributed by atoms with Crippen molar-refractivity contribution in [2.45, 2.75) is 84.3 Å². The third-order valence-electron chi connectivity index (χ3n) is 6.20. The summed E-state index contributed by atoms with van der Waals surface area (Å²) in [7, 11) is 0. The van der Waals surface area contributed by atoms with E-state index in [1.54, 1.807) is 39.0 Å². The number of benzene rings is 1. The number of carbonyl (C=O) groups excluding carboxylic acids is 3. The number of hydrogen-bond acceptors (Lipinski definition) is 7. The number of aromatic hydroxyl groups is 1. The second-order valence-electron chi connectivity index (χ2n) is 10.6. The third-order valence-corrected chi connectivity index (χ3v) is 6.20. The van der Waals surface area contributed by atoms with Crippen LogP contribution in [0.5, 0.6) is 5.75 Å². The molecule has 0 aliphatic carbocycles. The standard InChI is InChI=1S/C28H44N2O6/c1-5-6-10-25(27(34)36-28(2,3)4)29-26(33)22(13-14-30-15-17-35-18-16-30)20-24(32)12-11-21-8-7-9-23(31)19-21/h7-9,19,22,25,31H,5-6,10-18,20H2,1-4H3,(H,29,33)/t22-,25+/m1/s1. The minimum Gasteiger partial charge on any atom is -0.508 e. The molecule has 1 aliphatic heterocycles. The average molecular weight is 505 g/mol. The van der Waals surface area contributed by atoms with Crippen LogP contribution < -0.4 is 5.32 Å². The lowest BCUT2D eigenvalue weighted by Crippen LogP contribution is -2.47. The summed E-state index contributed by atoms with van der Waals surface area (Å²) in [6, 6.07) is 6.13. The fourth-order valence-corrected chi connectivity index (χ4v) is 4.18. The minimum atomic E-state index is -0.732. The van der Waals surface area contributed by atoms with Crippen molar-refractivity contribution in [3.05, 3.63) is 29.8 Å². The summed E-state index contributed by atoms with van der Waals surface area (Å²) in [4.78, 5) is 41.3. The van der Waals surface area contributed by atoms with E-state index in [4.69, 9.17) is 9.47 Å². The van der Waals surface area contributed by atoms with Gasteiger partial charge in [0.05, 0.1) is 13.2 Å². The van der Waals surface area contributed by atoms with Gasteiger partial charge in [0.25, 0.3) is 0 Å². The van der Waals surface area contributed by atoms with Crippen molar-refractivity contribution < 1.29 is 29.0 Å². The summed E-state index contributed by atoms with van der Waals surface area (Å²) in [5.74, 6) is -1.09. The minimum absolute atomic E-state index is 0.0113. The number of ketones is 1. The Kier molecular flexibility index (Phi) is 12.4. The molecule has 2 rings (SSSR count). The third kappa shape index (κ3) is 11.5. The number of amides is 1. The van der Waals surface area contributed by atoms with Crippen LogP contribution in [0.4, 0.5) is 0 Å². The lowest BCUT2D eigenvalue weighted by atomic mass is 9.94. The molecule has 36 heavy (non-hydrogen) atoms. The van der Waals surface area contributed by atoms with Crippen LogP contribution in [0.2, 0.25) is 0 Å². The van der Waals surface area contributed by atoms with Gasteiger partial charge in [-0.2, -0.15) is 0 Å². The van der Waals surface area contributed by atoms with Crippen LogP contribution in [0.15, 0.2) is 24.3 Å². The molecule has 2 N–H and O–H groups in total. The molecule has 8 nitrogen and oxygen atoms in total. The van der Waals surface area contributed by atoms with Gasteiger partial charge in [-0.3, -0.25) is 14.5 Å². The highest BCUT2D eigenvalue weighted by molar-refractivity contribution is 5.89. The Balaban J connectivity index is 2.05. The first-order chi connectivity index (χ1) is 17.1. The zero-order chi connectivity index (χ0) is 26.6. The zero-order valence-corrected chi connectivity index (χ0v) is 22.4. The van der Waals surface area contributed by atoms with Gasteiger partial charge in [0, 0.05) is 31.8 Å². The van der Waals surface area contributed by atoms with Crippen molar-refractivity contribution in [2.75, 3.05) is 32.8 Å². The molecule has 1 saturated heterocycles. The molecule has 2 atom stereocenters. The van der Waals surface area contributed by atoms with Crippen LogP contribution in [-0.4, -0.2) is 72.2 Å². The lowest BCUT2D eigenvalue weighted by molar-refractivity contribution is -0.159. The van der Waals surface area contributed by atoms with E-state index >= 15 is 0 Å². The Morgan fingerprint density at radius 1 is 1.17 bits per heavy atom. The van der Waals surface area contributed by atoms with Gasteiger partial charge in [-0.25, -0.2) is 4.79 Å². The number of aryl methyl sites for hydroxylation is 1. The van der Waals surface area contributed by atoms with E-state index in [2.05, 4.69) is 10.2 Å². The van der Waals surface area contributed by atoms with E-state index in [1.807, 2.05) is 13.0 Å². The maximum Gasteiger partial charge on any atom is 0.329 e. The molecule has 0 aromatic heterocycles. The van der Waals surface area contributed by atoms with Gasteiger partial charge >= 0.3 is 5.97 Å². The predicted octanol–water partition coefficient (Wildman–Crippen LogP) is 3.64. The summed E-state index contributed by atoms with van der Waals surface area (Å²) < 4.78 is 11.0. The Labute approximate surface area is 215 Å². The van der Waals surface area contributed by atoms with Crippen molar-refractivity contribution in [3.8, 4) is 5.75 Å². The number of nitrogens with zero attached hydrogens (tertiary/aromatic N) is 1. The number of ether oxygens (including phenoxy) is 2. The summed E-state index contributed by atoms with van der Waals surface area (Å²) in [6.45, 7) is 11.1. The van der Waals surface area contributed by atoms with Gasteiger partial charge in [-0.15, -0.1) is 0 Å². The van der Waals surface area contributed by atoms with Gasteiger partial charge in [0.2, 0.25) is 5.91 Å². The van der Waals surface area contributed by atoms with Gasteiger partial charge in [-0.1, -0.05) is 31.9 Å². The molecule has 0 saturated carbocycles. The molecular weight excluding hydrogens is 460 g/mol. The highest BCUT2D eigenvalue weighted by Crippen LogP contribution is 2.18. The average Bonchev–Trinajstić information content (AvgIpc) is 2.82.